The van der Waals surface area contributed by atoms with Gasteiger partial charge < -0.3 is 37.6 Å². The van der Waals surface area contributed by atoms with Gasteiger partial charge in [-0.2, -0.15) is 0 Å². The molecule has 0 bridgehead atoms. The molecule has 4 amide bonds. The third kappa shape index (κ3) is 8.67. The SMILES string of the molecule is NC(=O)CC(NC(=O)C(CO)NC(=O)CNC(=O)C(N)Cc1ccccc1)C(=O)O. The summed E-state index contributed by atoms with van der Waals surface area (Å²) in [4.78, 5) is 57.9. The summed E-state index contributed by atoms with van der Waals surface area (Å²) in [5.74, 6) is -4.91. The maximum atomic E-state index is 12.0. The van der Waals surface area contributed by atoms with Crippen LogP contribution in [0, 0.1) is 0 Å². The van der Waals surface area contributed by atoms with Gasteiger partial charge in [0.05, 0.1) is 25.6 Å². The summed E-state index contributed by atoms with van der Waals surface area (Å²) in [6, 6.07) is 5.00. The third-order valence-electron chi connectivity index (χ3n) is 3.91. The van der Waals surface area contributed by atoms with Gasteiger partial charge >= 0.3 is 5.97 Å². The van der Waals surface area contributed by atoms with Gasteiger partial charge in [-0.3, -0.25) is 19.2 Å². The lowest BCUT2D eigenvalue weighted by Gasteiger charge is -2.19. The van der Waals surface area contributed by atoms with Gasteiger partial charge in [-0.15, -0.1) is 0 Å². The molecule has 12 heteroatoms. The number of carboxylic acids is 1. The van der Waals surface area contributed by atoms with Crippen molar-refractivity contribution in [2.24, 2.45) is 11.5 Å². The number of aliphatic carboxylic acids is 1. The largest absolute Gasteiger partial charge is 0.480 e. The van der Waals surface area contributed by atoms with Crippen LogP contribution >= 0.6 is 0 Å². The van der Waals surface area contributed by atoms with Gasteiger partial charge in [-0.1, -0.05) is 30.3 Å². The second-order valence-electron chi connectivity index (χ2n) is 6.39. The van der Waals surface area contributed by atoms with Crippen molar-refractivity contribution in [3.05, 3.63) is 35.9 Å². The summed E-state index contributed by atoms with van der Waals surface area (Å²) in [5.41, 5.74) is 11.5. The smallest absolute Gasteiger partial charge is 0.326 e. The molecule has 0 fully saturated rings. The Hall–Kier alpha value is -3.51. The molecule has 1 aromatic carbocycles. The summed E-state index contributed by atoms with van der Waals surface area (Å²) >= 11 is 0. The molecule has 0 aliphatic rings. The first kappa shape index (κ1) is 24.5. The molecule has 1 rings (SSSR count). The maximum absolute atomic E-state index is 12.0. The van der Waals surface area contributed by atoms with Crippen molar-refractivity contribution in [2.75, 3.05) is 13.2 Å². The number of rotatable bonds is 12. The highest BCUT2D eigenvalue weighted by Gasteiger charge is 2.27. The fourth-order valence-electron chi connectivity index (χ4n) is 2.37. The van der Waals surface area contributed by atoms with E-state index in [1.165, 1.54) is 0 Å². The number of nitrogens with one attached hydrogen (secondary N) is 3. The monoisotopic (exact) mass is 423 g/mol. The standard InChI is InChI=1S/C18H25N5O7/c19-11(6-10-4-2-1-3-5-10)16(27)21-8-15(26)22-13(9-24)17(28)23-12(18(29)30)7-14(20)25/h1-5,11-13,24H,6-9,19H2,(H2,20,25)(H,21,27)(H,22,26)(H,23,28)(H,29,30). The molecule has 12 nitrogen and oxygen atoms in total. The van der Waals surface area contributed by atoms with E-state index < -0.39 is 67.3 Å². The average Bonchev–Trinajstić information content (AvgIpc) is 2.69. The molecule has 0 heterocycles. The van der Waals surface area contributed by atoms with Gasteiger partial charge in [0, 0.05) is 0 Å². The molecule has 3 atom stereocenters. The zero-order valence-corrected chi connectivity index (χ0v) is 16.0. The van der Waals surface area contributed by atoms with Crippen LogP contribution in [-0.2, 0) is 30.4 Å². The fraction of sp³-hybridized carbons (Fsp3) is 0.389. The number of amides is 4. The predicted molar refractivity (Wildman–Crippen MR) is 104 cm³/mol. The second kappa shape index (κ2) is 12.1. The first-order valence-corrected chi connectivity index (χ1v) is 8.93. The van der Waals surface area contributed by atoms with Gasteiger partial charge in [-0.05, 0) is 12.0 Å². The minimum absolute atomic E-state index is 0.256. The maximum Gasteiger partial charge on any atom is 0.326 e. The van der Waals surface area contributed by atoms with Crippen LogP contribution in [0.15, 0.2) is 30.3 Å². The summed E-state index contributed by atoms with van der Waals surface area (Å²) in [6.07, 6.45) is -0.408. The van der Waals surface area contributed by atoms with E-state index in [1.54, 1.807) is 24.3 Å². The van der Waals surface area contributed by atoms with Crippen molar-refractivity contribution in [3.8, 4) is 0 Å². The molecule has 0 saturated carbocycles. The second-order valence-corrected chi connectivity index (χ2v) is 6.39. The van der Waals surface area contributed by atoms with Crippen LogP contribution in [0.4, 0.5) is 0 Å². The molecular formula is C18H25N5O7. The van der Waals surface area contributed by atoms with Gasteiger partial charge in [0.2, 0.25) is 23.6 Å². The summed E-state index contributed by atoms with van der Waals surface area (Å²) in [5, 5.41) is 24.7. The Bertz CT molecular complexity index is 771. The molecule has 0 radical (unpaired) electrons. The Morgan fingerprint density at radius 2 is 1.60 bits per heavy atom. The van der Waals surface area contributed by atoms with E-state index in [9.17, 15) is 29.1 Å². The lowest BCUT2D eigenvalue weighted by molar-refractivity contribution is -0.144. The lowest BCUT2D eigenvalue weighted by Crippen LogP contribution is -2.55. The number of hydrogen-bond acceptors (Lipinski definition) is 7. The Morgan fingerprint density at radius 3 is 2.13 bits per heavy atom. The van der Waals surface area contributed by atoms with Gasteiger partial charge in [0.1, 0.15) is 12.1 Å². The van der Waals surface area contributed by atoms with Gasteiger partial charge in [0.15, 0.2) is 0 Å². The highest BCUT2D eigenvalue weighted by atomic mass is 16.4. The van der Waals surface area contributed by atoms with Crippen molar-refractivity contribution in [1.82, 2.24) is 16.0 Å². The van der Waals surface area contributed by atoms with E-state index in [-0.39, 0.29) is 6.42 Å². The first-order chi connectivity index (χ1) is 14.1. The van der Waals surface area contributed by atoms with Crippen LogP contribution in [-0.4, -0.2) is 71.1 Å². The Balaban J connectivity index is 2.52. The van der Waals surface area contributed by atoms with E-state index in [4.69, 9.17) is 16.6 Å². The van der Waals surface area contributed by atoms with Gasteiger partial charge in [-0.25, -0.2) is 4.79 Å². The molecule has 0 saturated heterocycles. The minimum Gasteiger partial charge on any atom is -0.480 e. The molecule has 3 unspecified atom stereocenters. The zero-order valence-electron chi connectivity index (χ0n) is 16.0. The molecule has 0 aromatic heterocycles. The Kier molecular flexibility index (Phi) is 9.92. The summed E-state index contributed by atoms with van der Waals surface area (Å²) in [6.45, 7) is -1.36. The fourth-order valence-corrected chi connectivity index (χ4v) is 2.37. The van der Waals surface area contributed by atoms with E-state index >= 15 is 0 Å². The number of nitrogens with two attached hydrogens (primary N) is 2. The van der Waals surface area contributed by atoms with Crippen LogP contribution in [0.1, 0.15) is 12.0 Å². The number of carbonyl (C=O) groups excluding carboxylic acids is 4. The van der Waals surface area contributed by atoms with Crippen LogP contribution in [0.5, 0.6) is 0 Å². The van der Waals surface area contributed by atoms with E-state index in [0.29, 0.717) is 0 Å². The number of benzene rings is 1. The number of primary amides is 1. The quantitative estimate of drug-likeness (QED) is 0.179. The molecule has 0 spiro atoms. The molecule has 164 valence electrons. The van der Waals surface area contributed by atoms with Crippen molar-refractivity contribution >= 4 is 29.6 Å². The van der Waals surface area contributed by atoms with Crippen LogP contribution in [0.25, 0.3) is 0 Å². The van der Waals surface area contributed by atoms with Crippen molar-refractivity contribution in [2.45, 2.75) is 31.0 Å². The molecule has 1 aromatic rings. The topological polar surface area (TPSA) is 214 Å². The van der Waals surface area contributed by atoms with Crippen molar-refractivity contribution in [1.29, 1.82) is 0 Å². The molecule has 0 aliphatic heterocycles. The van der Waals surface area contributed by atoms with Crippen molar-refractivity contribution < 1.29 is 34.2 Å². The average molecular weight is 423 g/mol. The van der Waals surface area contributed by atoms with Gasteiger partial charge in [0.25, 0.3) is 0 Å². The Labute approximate surface area is 172 Å². The Morgan fingerprint density at radius 1 is 0.967 bits per heavy atom. The van der Waals surface area contributed by atoms with Crippen LogP contribution in [0.3, 0.4) is 0 Å². The zero-order chi connectivity index (χ0) is 22.7. The summed E-state index contributed by atoms with van der Waals surface area (Å²) in [7, 11) is 0. The summed E-state index contributed by atoms with van der Waals surface area (Å²) < 4.78 is 0. The van der Waals surface area contributed by atoms with Crippen LogP contribution in [0.2, 0.25) is 0 Å². The lowest BCUT2D eigenvalue weighted by atomic mass is 10.1. The molecule has 30 heavy (non-hydrogen) atoms. The minimum atomic E-state index is -1.61. The van der Waals surface area contributed by atoms with E-state index in [0.717, 1.165) is 5.56 Å². The number of aliphatic hydroxyl groups is 1. The van der Waals surface area contributed by atoms with E-state index in [1.807, 2.05) is 11.4 Å². The molecule has 9 N–H and O–H groups in total. The normalized spacial score (nSPS) is 13.4. The number of hydrogen-bond donors (Lipinski definition) is 7. The van der Waals surface area contributed by atoms with Crippen molar-refractivity contribution in [3.63, 3.8) is 0 Å². The highest BCUT2D eigenvalue weighted by Crippen LogP contribution is 2.01. The number of carbonyl (C=O) groups is 5. The number of carboxylic acid groups (broad SMARTS) is 1. The first-order valence-electron chi connectivity index (χ1n) is 8.93. The molecular weight excluding hydrogens is 398 g/mol. The third-order valence-corrected chi connectivity index (χ3v) is 3.91. The highest BCUT2D eigenvalue weighted by molar-refractivity contribution is 5.93. The number of aliphatic hydroxyl groups excluding tert-OH is 1. The molecule has 0 aliphatic carbocycles. The predicted octanol–water partition coefficient (Wildman–Crippen LogP) is -3.41. The van der Waals surface area contributed by atoms with E-state index in [2.05, 4.69) is 10.6 Å². The van der Waals surface area contributed by atoms with Crippen LogP contribution < -0.4 is 27.4 Å².